The van der Waals surface area contributed by atoms with Crippen LogP contribution >= 0.6 is 0 Å². The lowest BCUT2D eigenvalue weighted by Crippen LogP contribution is -2.50. The van der Waals surface area contributed by atoms with E-state index in [0.717, 1.165) is 0 Å². The van der Waals surface area contributed by atoms with Gasteiger partial charge in [0.05, 0.1) is 0 Å². The van der Waals surface area contributed by atoms with Gasteiger partial charge in [-0.05, 0) is 16.2 Å². The molecule has 11 heteroatoms. The van der Waals surface area contributed by atoms with Crippen LogP contribution in [0.1, 0.15) is 0 Å². The van der Waals surface area contributed by atoms with Crippen molar-refractivity contribution in [1.82, 2.24) is 4.98 Å². The minimum Gasteiger partial charge on any atom is -0.355 e. The summed E-state index contributed by atoms with van der Waals surface area (Å²) in [5.74, 6) is 0. The first-order valence-electron chi connectivity index (χ1n) is 10.0. The first-order chi connectivity index (χ1) is 12.6. The number of fused-ring (bicyclic) bond motifs is 4. The van der Waals surface area contributed by atoms with Gasteiger partial charge in [0, 0.05) is 16.4 Å². The van der Waals surface area contributed by atoms with Crippen molar-refractivity contribution in [2.75, 3.05) is 0 Å². The number of aromatic nitrogens is 1. The standard InChI is InChI=1S/C16H21B10N/c17-5-1-2(7(19)11(23)10(22)6(1)18)9(21)15-3(5)4-8(20)12(24)13(25)14(26)16(4)27-15/h27H,17-26H2. The fourth-order valence-electron chi connectivity index (χ4n) is 5.25. The first kappa shape index (κ1) is 18.7. The van der Waals surface area contributed by atoms with Crippen molar-refractivity contribution in [1.29, 1.82) is 0 Å². The fourth-order valence-corrected chi connectivity index (χ4v) is 5.25. The van der Waals surface area contributed by atoms with E-state index < -0.39 is 0 Å². The molecule has 27 heavy (non-hydrogen) atoms. The quantitative estimate of drug-likeness (QED) is 0.307. The minimum absolute atomic E-state index is 1.32. The van der Waals surface area contributed by atoms with Gasteiger partial charge in [0.25, 0.3) is 0 Å². The van der Waals surface area contributed by atoms with Crippen molar-refractivity contribution in [2.45, 2.75) is 0 Å². The van der Waals surface area contributed by atoms with Crippen molar-refractivity contribution in [2.24, 2.45) is 0 Å². The predicted molar refractivity (Wildman–Crippen MR) is 155 cm³/mol. The van der Waals surface area contributed by atoms with Gasteiger partial charge in [-0.3, -0.25) is 0 Å². The highest BCUT2D eigenvalue weighted by Crippen LogP contribution is 2.21. The summed E-state index contributed by atoms with van der Waals surface area (Å²) in [5.41, 5.74) is 16.8. The van der Waals surface area contributed by atoms with E-state index in [1.54, 1.807) is 0 Å². The monoisotopic (exact) mass is 337 g/mol. The Hall–Kier alpha value is -1.63. The Kier molecular flexibility index (Phi) is 4.11. The highest BCUT2D eigenvalue weighted by Gasteiger charge is 2.20. The van der Waals surface area contributed by atoms with E-state index in [9.17, 15) is 0 Å². The van der Waals surface area contributed by atoms with Crippen LogP contribution in [0.4, 0.5) is 0 Å². The maximum absolute atomic E-state index is 3.84. The highest BCUT2D eigenvalue weighted by molar-refractivity contribution is 6.73. The van der Waals surface area contributed by atoms with E-state index in [1.807, 2.05) is 0 Å². The molecule has 0 aliphatic heterocycles. The maximum atomic E-state index is 3.84. The smallest absolute Gasteiger partial charge is 0.142 e. The maximum Gasteiger partial charge on any atom is 0.142 e. The molecule has 0 bridgehead atoms. The van der Waals surface area contributed by atoms with Gasteiger partial charge in [0.2, 0.25) is 0 Å². The minimum atomic E-state index is 1.32. The Balaban J connectivity index is 2.44. The Morgan fingerprint density at radius 2 is 0.630 bits per heavy atom. The average Bonchev–Trinajstić information content (AvgIpc) is 3.05. The summed E-state index contributed by atoms with van der Waals surface area (Å²) in [5, 5.41) is 5.74. The number of nitrogens with one attached hydrogen (secondary N) is 1. The van der Waals surface area contributed by atoms with E-state index in [1.165, 1.54) is 87.2 Å². The van der Waals surface area contributed by atoms with E-state index in [-0.39, 0.29) is 0 Å². The topological polar surface area (TPSA) is 15.8 Å². The van der Waals surface area contributed by atoms with E-state index >= 15 is 0 Å². The number of H-pyrrole nitrogens is 1. The predicted octanol–water partition coefficient (Wildman–Crippen LogP) is -12.9. The summed E-state index contributed by atoms with van der Waals surface area (Å²) in [7, 11) is 22.8. The van der Waals surface area contributed by atoms with Gasteiger partial charge >= 0.3 is 0 Å². The Bertz CT molecular complexity index is 1320. The molecule has 0 radical (unpaired) electrons. The van der Waals surface area contributed by atoms with Crippen LogP contribution in [-0.2, 0) is 0 Å². The van der Waals surface area contributed by atoms with Crippen LogP contribution in [-0.4, -0.2) is 83.4 Å². The third kappa shape index (κ3) is 2.20. The number of hydrogen-bond acceptors (Lipinski definition) is 0. The molecule has 0 fully saturated rings. The van der Waals surface area contributed by atoms with Crippen LogP contribution in [0.15, 0.2) is 0 Å². The van der Waals surface area contributed by atoms with Crippen LogP contribution in [0.5, 0.6) is 0 Å². The molecule has 0 saturated heterocycles. The number of rotatable bonds is 0. The third-order valence-electron chi connectivity index (χ3n) is 7.62. The lowest BCUT2D eigenvalue weighted by atomic mass is 9.61. The molecule has 0 aliphatic rings. The van der Waals surface area contributed by atoms with E-state index in [2.05, 4.69) is 83.4 Å². The zero-order valence-electron chi connectivity index (χ0n) is 18.5. The van der Waals surface area contributed by atoms with Crippen molar-refractivity contribution in [3.8, 4) is 0 Å². The van der Waals surface area contributed by atoms with Gasteiger partial charge in [-0.2, -0.15) is 0 Å². The summed E-state index contributed by atoms with van der Waals surface area (Å²) in [6, 6.07) is 0. The molecule has 0 atom stereocenters. The molecule has 1 N–H and O–H groups in total. The van der Waals surface area contributed by atoms with Gasteiger partial charge < -0.3 is 4.98 Å². The molecular formula is C16H21B10N. The summed E-state index contributed by atoms with van der Waals surface area (Å²) in [4.78, 5) is 3.84. The highest BCUT2D eigenvalue weighted by atomic mass is 14.7. The Morgan fingerprint density at radius 3 is 1.15 bits per heavy atom. The average molecular weight is 335 g/mol. The van der Waals surface area contributed by atoms with Crippen LogP contribution in [0.2, 0.25) is 0 Å². The van der Waals surface area contributed by atoms with Crippen LogP contribution in [0.3, 0.4) is 0 Å². The van der Waals surface area contributed by atoms with E-state index in [4.69, 9.17) is 0 Å². The summed E-state index contributed by atoms with van der Waals surface area (Å²) in [6.45, 7) is 0. The molecule has 4 aromatic rings. The normalized spacial score (nSPS) is 11.7. The molecule has 3 aromatic carbocycles. The van der Waals surface area contributed by atoms with Crippen LogP contribution < -0.4 is 54.6 Å². The molecule has 120 valence electrons. The van der Waals surface area contributed by atoms with Gasteiger partial charge in [-0.15, -0.1) is 16.4 Å². The van der Waals surface area contributed by atoms with Crippen molar-refractivity contribution < 1.29 is 0 Å². The van der Waals surface area contributed by atoms with E-state index in [0.29, 0.717) is 0 Å². The molecule has 0 saturated carbocycles. The van der Waals surface area contributed by atoms with Gasteiger partial charge in [0.15, 0.2) is 0 Å². The third-order valence-corrected chi connectivity index (χ3v) is 7.62. The number of hydrogen-bond donors (Lipinski definition) is 1. The second-order valence-corrected chi connectivity index (χ2v) is 8.62. The van der Waals surface area contributed by atoms with Crippen molar-refractivity contribution in [3.05, 3.63) is 0 Å². The molecule has 0 amide bonds. The van der Waals surface area contributed by atoms with Gasteiger partial charge in [-0.1, -0.05) is 38.2 Å². The molecule has 1 heterocycles. The summed E-state index contributed by atoms with van der Waals surface area (Å²) in [6.07, 6.45) is 0. The molecule has 0 spiro atoms. The first-order valence-corrected chi connectivity index (χ1v) is 10.0. The second-order valence-electron chi connectivity index (χ2n) is 8.62. The Labute approximate surface area is 170 Å². The molecule has 1 nitrogen and oxygen atoms in total. The second kappa shape index (κ2) is 5.93. The largest absolute Gasteiger partial charge is 0.355 e. The lowest BCUT2D eigenvalue weighted by Gasteiger charge is -2.21. The van der Waals surface area contributed by atoms with Crippen LogP contribution in [0.25, 0.3) is 32.6 Å². The van der Waals surface area contributed by atoms with Gasteiger partial charge in [0.1, 0.15) is 78.5 Å². The van der Waals surface area contributed by atoms with Crippen LogP contribution in [0, 0.1) is 0 Å². The number of aromatic amines is 1. The lowest BCUT2D eigenvalue weighted by molar-refractivity contribution is 1.59. The van der Waals surface area contributed by atoms with Crippen molar-refractivity contribution >= 4 is 166 Å². The fraction of sp³-hybridized carbons (Fsp3) is 0. The molecular weight excluding hydrogens is 314 g/mol. The molecule has 1 aromatic heterocycles. The van der Waals surface area contributed by atoms with Gasteiger partial charge in [-0.25, -0.2) is 0 Å². The van der Waals surface area contributed by atoms with Crippen molar-refractivity contribution in [3.63, 3.8) is 0 Å². The molecule has 0 unspecified atom stereocenters. The summed E-state index contributed by atoms with van der Waals surface area (Å²) < 4.78 is 0. The SMILES string of the molecule is Bc1c(B)c(B)c2c([nH]c3c(B)c4c(B)c(B)c(B)c(B)c4c(B)c32)c1B. The Morgan fingerprint density at radius 1 is 0.296 bits per heavy atom. The summed E-state index contributed by atoms with van der Waals surface area (Å²) >= 11 is 0. The zero-order chi connectivity index (χ0) is 19.9. The number of benzene rings is 3. The molecule has 4 rings (SSSR count). The zero-order valence-corrected chi connectivity index (χ0v) is 18.5. The molecule has 0 aliphatic carbocycles.